The normalized spacial score (nSPS) is 29.6. The van der Waals surface area contributed by atoms with Crippen LogP contribution in [0.3, 0.4) is 0 Å². The molecule has 2 aliphatic rings. The Bertz CT molecular complexity index is 535. The molecular weight excluding hydrogens is 297 g/mol. The van der Waals surface area contributed by atoms with Crippen molar-refractivity contribution in [2.24, 2.45) is 11.8 Å². The summed E-state index contributed by atoms with van der Waals surface area (Å²) in [4.78, 5) is 14.4. The third kappa shape index (κ3) is 2.73. The van der Waals surface area contributed by atoms with Gasteiger partial charge >= 0.3 is 0 Å². The summed E-state index contributed by atoms with van der Waals surface area (Å²) in [5, 5.41) is 10.8. The van der Waals surface area contributed by atoms with Crippen molar-refractivity contribution < 1.29 is 9.90 Å². The minimum absolute atomic E-state index is 0.0537. The van der Waals surface area contributed by atoms with Crippen LogP contribution in [0, 0.1) is 11.8 Å². The number of ketones is 1. The summed E-state index contributed by atoms with van der Waals surface area (Å²) in [7, 11) is 0. The highest BCUT2D eigenvalue weighted by Crippen LogP contribution is 2.38. The van der Waals surface area contributed by atoms with Crippen molar-refractivity contribution in [2.45, 2.75) is 18.9 Å². The van der Waals surface area contributed by atoms with Gasteiger partial charge in [-0.25, -0.2) is 0 Å². The Kier molecular flexibility index (Phi) is 4.04. The van der Waals surface area contributed by atoms with Gasteiger partial charge < -0.3 is 5.11 Å². The fourth-order valence-electron chi connectivity index (χ4n) is 3.42. The van der Waals surface area contributed by atoms with Crippen LogP contribution in [0.4, 0.5) is 0 Å². The maximum Gasteiger partial charge on any atom is 0.176 e. The SMILES string of the molecule is O=C(CN1CC2CCC(O)C2C1)c1ccc(Cl)c(Cl)c1. The summed E-state index contributed by atoms with van der Waals surface area (Å²) < 4.78 is 0. The molecule has 3 atom stereocenters. The molecule has 0 spiro atoms. The van der Waals surface area contributed by atoms with Gasteiger partial charge in [0.1, 0.15) is 0 Å². The lowest BCUT2D eigenvalue weighted by Gasteiger charge is -2.17. The average molecular weight is 314 g/mol. The number of halogens is 2. The van der Waals surface area contributed by atoms with Crippen LogP contribution in [0.2, 0.25) is 10.0 Å². The number of carbonyl (C=O) groups is 1. The van der Waals surface area contributed by atoms with Crippen molar-refractivity contribution >= 4 is 29.0 Å². The van der Waals surface area contributed by atoms with Gasteiger partial charge in [0.05, 0.1) is 22.7 Å². The van der Waals surface area contributed by atoms with Gasteiger partial charge in [0.25, 0.3) is 0 Å². The van der Waals surface area contributed by atoms with Gasteiger partial charge in [0, 0.05) is 24.6 Å². The number of likely N-dealkylation sites (tertiary alicyclic amines) is 1. The van der Waals surface area contributed by atoms with Gasteiger partial charge in [-0.15, -0.1) is 0 Å². The molecule has 20 heavy (non-hydrogen) atoms. The number of nitrogens with zero attached hydrogens (tertiary/aromatic N) is 1. The van der Waals surface area contributed by atoms with Crippen LogP contribution >= 0.6 is 23.2 Å². The molecule has 1 aliphatic carbocycles. The van der Waals surface area contributed by atoms with E-state index in [4.69, 9.17) is 23.2 Å². The van der Waals surface area contributed by atoms with E-state index in [0.717, 1.165) is 25.9 Å². The van der Waals surface area contributed by atoms with E-state index >= 15 is 0 Å². The molecule has 1 saturated carbocycles. The van der Waals surface area contributed by atoms with Crippen LogP contribution in [0.25, 0.3) is 0 Å². The van der Waals surface area contributed by atoms with Crippen molar-refractivity contribution in [3.63, 3.8) is 0 Å². The molecule has 2 fully saturated rings. The highest BCUT2D eigenvalue weighted by Gasteiger charge is 2.42. The first kappa shape index (κ1) is 14.3. The molecule has 0 radical (unpaired) electrons. The summed E-state index contributed by atoms with van der Waals surface area (Å²) >= 11 is 11.8. The molecular formula is C15H17Cl2NO2. The summed E-state index contributed by atoms with van der Waals surface area (Å²) in [6.07, 6.45) is 1.79. The monoisotopic (exact) mass is 313 g/mol. The predicted molar refractivity (Wildman–Crippen MR) is 79.5 cm³/mol. The van der Waals surface area contributed by atoms with Gasteiger partial charge in [-0.1, -0.05) is 23.2 Å². The fourth-order valence-corrected chi connectivity index (χ4v) is 3.72. The Labute approximate surface area is 128 Å². The largest absolute Gasteiger partial charge is 0.393 e. The zero-order valence-corrected chi connectivity index (χ0v) is 12.6. The van der Waals surface area contributed by atoms with Crippen LogP contribution in [0.15, 0.2) is 18.2 Å². The quantitative estimate of drug-likeness (QED) is 0.872. The number of benzene rings is 1. The molecule has 3 nitrogen and oxygen atoms in total. The second kappa shape index (κ2) is 5.64. The number of aliphatic hydroxyl groups is 1. The molecule has 108 valence electrons. The van der Waals surface area contributed by atoms with Gasteiger partial charge in [-0.3, -0.25) is 9.69 Å². The summed E-state index contributed by atoms with van der Waals surface area (Å²) in [5.41, 5.74) is 0.594. The molecule has 1 aromatic carbocycles. The lowest BCUT2D eigenvalue weighted by molar-refractivity contribution is 0.0920. The number of hydrogen-bond acceptors (Lipinski definition) is 3. The van der Waals surface area contributed by atoms with Crippen molar-refractivity contribution in [1.29, 1.82) is 0 Å². The summed E-state index contributed by atoms with van der Waals surface area (Å²) in [5.74, 6) is 0.946. The Hall–Kier alpha value is -0.610. The molecule has 0 aromatic heterocycles. The molecule has 0 amide bonds. The molecule has 3 rings (SSSR count). The first-order valence-electron chi connectivity index (χ1n) is 6.93. The maximum absolute atomic E-state index is 12.3. The van der Waals surface area contributed by atoms with Crippen molar-refractivity contribution in [3.05, 3.63) is 33.8 Å². The van der Waals surface area contributed by atoms with Crippen LogP contribution in [-0.4, -0.2) is 41.5 Å². The zero-order chi connectivity index (χ0) is 14.3. The number of fused-ring (bicyclic) bond motifs is 1. The van der Waals surface area contributed by atoms with Crippen molar-refractivity contribution in [3.8, 4) is 0 Å². The molecule has 1 N–H and O–H groups in total. The molecule has 1 aromatic rings. The average Bonchev–Trinajstić information content (AvgIpc) is 2.95. The smallest absolute Gasteiger partial charge is 0.176 e. The standard InChI is InChI=1S/C15H17Cl2NO2/c16-12-3-1-9(5-13(12)17)15(20)8-18-6-10-2-4-14(19)11(10)7-18/h1,3,5,10-11,14,19H,2,4,6-8H2. The van der Waals surface area contributed by atoms with E-state index in [1.54, 1.807) is 18.2 Å². The highest BCUT2D eigenvalue weighted by molar-refractivity contribution is 6.42. The second-order valence-corrected chi connectivity index (χ2v) is 6.63. The van der Waals surface area contributed by atoms with E-state index in [1.165, 1.54) is 0 Å². The minimum Gasteiger partial charge on any atom is -0.393 e. The third-order valence-electron chi connectivity index (χ3n) is 4.50. The number of hydrogen-bond donors (Lipinski definition) is 1. The molecule has 5 heteroatoms. The molecule has 1 heterocycles. The second-order valence-electron chi connectivity index (χ2n) is 5.81. The van der Waals surface area contributed by atoms with E-state index in [9.17, 15) is 9.90 Å². The zero-order valence-electron chi connectivity index (χ0n) is 11.1. The topological polar surface area (TPSA) is 40.5 Å². The lowest BCUT2D eigenvalue weighted by Crippen LogP contribution is -2.30. The van der Waals surface area contributed by atoms with E-state index in [-0.39, 0.29) is 11.9 Å². The predicted octanol–water partition coefficient (Wildman–Crippen LogP) is 2.88. The van der Waals surface area contributed by atoms with Crippen LogP contribution in [0.5, 0.6) is 0 Å². The maximum atomic E-state index is 12.3. The van der Waals surface area contributed by atoms with E-state index in [1.807, 2.05) is 0 Å². The van der Waals surface area contributed by atoms with Crippen LogP contribution in [0.1, 0.15) is 23.2 Å². The fraction of sp³-hybridized carbons (Fsp3) is 0.533. The molecule has 1 saturated heterocycles. The molecule has 0 bridgehead atoms. The first-order valence-corrected chi connectivity index (χ1v) is 7.69. The van der Waals surface area contributed by atoms with Gasteiger partial charge in [-0.2, -0.15) is 0 Å². The van der Waals surface area contributed by atoms with Gasteiger partial charge in [0.15, 0.2) is 5.78 Å². The first-order chi connectivity index (χ1) is 9.54. The van der Waals surface area contributed by atoms with Gasteiger partial charge in [-0.05, 0) is 37.0 Å². The van der Waals surface area contributed by atoms with E-state index in [0.29, 0.717) is 34.0 Å². The lowest BCUT2D eigenvalue weighted by atomic mass is 10.00. The Balaban J connectivity index is 1.64. The Morgan fingerprint density at radius 2 is 2.05 bits per heavy atom. The van der Waals surface area contributed by atoms with E-state index < -0.39 is 0 Å². The van der Waals surface area contributed by atoms with Crippen LogP contribution in [-0.2, 0) is 0 Å². The number of rotatable bonds is 3. The number of aliphatic hydroxyl groups excluding tert-OH is 1. The minimum atomic E-state index is -0.190. The van der Waals surface area contributed by atoms with Gasteiger partial charge in [0.2, 0.25) is 0 Å². The Morgan fingerprint density at radius 1 is 1.25 bits per heavy atom. The van der Waals surface area contributed by atoms with E-state index in [2.05, 4.69) is 4.90 Å². The molecule has 1 aliphatic heterocycles. The molecule has 3 unspecified atom stereocenters. The number of carbonyl (C=O) groups excluding carboxylic acids is 1. The third-order valence-corrected chi connectivity index (χ3v) is 5.24. The van der Waals surface area contributed by atoms with Crippen LogP contribution < -0.4 is 0 Å². The highest BCUT2D eigenvalue weighted by atomic mass is 35.5. The number of Topliss-reactive ketones (excluding diaryl/α,β-unsaturated/α-hetero) is 1. The summed E-state index contributed by atoms with van der Waals surface area (Å²) in [6.45, 7) is 2.12. The van der Waals surface area contributed by atoms with Crippen molar-refractivity contribution in [2.75, 3.05) is 19.6 Å². The Morgan fingerprint density at radius 3 is 2.75 bits per heavy atom. The van der Waals surface area contributed by atoms with Crippen molar-refractivity contribution in [1.82, 2.24) is 4.90 Å². The summed E-state index contributed by atoms with van der Waals surface area (Å²) in [6, 6.07) is 4.99.